The van der Waals surface area contributed by atoms with E-state index in [0.717, 1.165) is 64.0 Å². The number of para-hydroxylation sites is 1. The van der Waals surface area contributed by atoms with E-state index in [2.05, 4.69) is 52.8 Å². The van der Waals surface area contributed by atoms with Gasteiger partial charge in [0, 0.05) is 38.4 Å². The van der Waals surface area contributed by atoms with E-state index < -0.39 is 0 Å². The number of aromatic nitrogens is 2. The summed E-state index contributed by atoms with van der Waals surface area (Å²) >= 11 is 0. The number of nitrogens with zero attached hydrogens (tertiary/aromatic N) is 4. The first-order valence-electron chi connectivity index (χ1n) is 10.2. The molecule has 0 aliphatic carbocycles. The van der Waals surface area contributed by atoms with Gasteiger partial charge in [0.2, 0.25) is 0 Å². The molecule has 0 saturated carbocycles. The van der Waals surface area contributed by atoms with Crippen molar-refractivity contribution in [2.45, 2.75) is 26.3 Å². The lowest BCUT2D eigenvalue weighted by Crippen LogP contribution is -2.44. The molecule has 29 heavy (non-hydrogen) atoms. The van der Waals surface area contributed by atoms with E-state index in [1.54, 1.807) is 0 Å². The van der Waals surface area contributed by atoms with Gasteiger partial charge in [-0.3, -0.25) is 9.89 Å². The highest BCUT2D eigenvalue weighted by Crippen LogP contribution is 2.08. The van der Waals surface area contributed by atoms with Crippen molar-refractivity contribution >= 4 is 29.9 Å². The SMILES string of the molecule is CCNC(=NCC(C)N1CCOCC1)NCCc1cnn(-c2ccccc2)c1.I. The highest BCUT2D eigenvalue weighted by atomic mass is 127. The Morgan fingerprint density at radius 1 is 1.21 bits per heavy atom. The first-order chi connectivity index (χ1) is 13.8. The van der Waals surface area contributed by atoms with E-state index in [1.165, 1.54) is 5.56 Å². The standard InChI is InChI=1S/C21H32N6O.HI/c1-3-22-21(24-15-18(2)26-11-13-28-14-12-26)23-10-9-19-16-25-27(17-19)20-7-5-4-6-8-20;/h4-8,16-18H,3,9-15H2,1-2H3,(H2,22,23,24);1H. The van der Waals surface area contributed by atoms with E-state index in [1.807, 2.05) is 29.1 Å². The molecule has 7 nitrogen and oxygen atoms in total. The van der Waals surface area contributed by atoms with Crippen molar-refractivity contribution in [3.63, 3.8) is 0 Å². The highest BCUT2D eigenvalue weighted by molar-refractivity contribution is 14.0. The molecular formula is C21H33IN6O. The second kappa shape index (κ2) is 12.8. The van der Waals surface area contributed by atoms with Gasteiger partial charge in [0.05, 0.1) is 31.6 Å². The summed E-state index contributed by atoms with van der Waals surface area (Å²) in [5.74, 6) is 0.873. The van der Waals surface area contributed by atoms with E-state index in [0.29, 0.717) is 6.04 Å². The zero-order valence-corrected chi connectivity index (χ0v) is 19.7. The molecule has 1 fully saturated rings. The van der Waals surface area contributed by atoms with Crippen LogP contribution in [0.1, 0.15) is 19.4 Å². The van der Waals surface area contributed by atoms with Crippen LogP contribution in [0.4, 0.5) is 0 Å². The summed E-state index contributed by atoms with van der Waals surface area (Å²) in [6.07, 6.45) is 4.91. The molecule has 1 aromatic carbocycles. The van der Waals surface area contributed by atoms with Gasteiger partial charge in [-0.1, -0.05) is 18.2 Å². The zero-order chi connectivity index (χ0) is 19.6. The summed E-state index contributed by atoms with van der Waals surface area (Å²) in [6, 6.07) is 10.6. The van der Waals surface area contributed by atoms with E-state index in [4.69, 9.17) is 9.73 Å². The molecule has 3 rings (SSSR count). The van der Waals surface area contributed by atoms with Gasteiger partial charge in [-0.2, -0.15) is 5.10 Å². The number of benzene rings is 1. The van der Waals surface area contributed by atoms with Crippen LogP contribution < -0.4 is 10.6 Å². The Morgan fingerprint density at radius 3 is 2.69 bits per heavy atom. The molecule has 1 aromatic heterocycles. The van der Waals surface area contributed by atoms with Gasteiger partial charge in [0.1, 0.15) is 0 Å². The number of halogens is 1. The predicted octanol–water partition coefficient (Wildman–Crippen LogP) is 2.31. The molecule has 160 valence electrons. The fourth-order valence-corrected chi connectivity index (χ4v) is 3.24. The van der Waals surface area contributed by atoms with Crippen LogP contribution in [-0.4, -0.2) is 72.6 Å². The number of morpholine rings is 1. The molecule has 0 amide bonds. The van der Waals surface area contributed by atoms with Crippen LogP contribution in [0.5, 0.6) is 0 Å². The van der Waals surface area contributed by atoms with Crippen LogP contribution in [0.3, 0.4) is 0 Å². The van der Waals surface area contributed by atoms with Gasteiger partial charge < -0.3 is 15.4 Å². The van der Waals surface area contributed by atoms with Crippen molar-refractivity contribution in [2.24, 2.45) is 4.99 Å². The van der Waals surface area contributed by atoms with Gasteiger partial charge in [-0.05, 0) is 38.0 Å². The molecule has 2 heterocycles. The van der Waals surface area contributed by atoms with Gasteiger partial charge in [-0.15, -0.1) is 24.0 Å². The van der Waals surface area contributed by atoms with Crippen LogP contribution in [0.25, 0.3) is 5.69 Å². The number of rotatable bonds is 8. The molecule has 2 aromatic rings. The Bertz CT molecular complexity index is 730. The van der Waals surface area contributed by atoms with Crippen molar-refractivity contribution in [1.82, 2.24) is 25.3 Å². The minimum absolute atomic E-state index is 0. The van der Waals surface area contributed by atoms with E-state index >= 15 is 0 Å². The lowest BCUT2D eigenvalue weighted by Gasteiger charge is -2.31. The number of nitrogens with one attached hydrogen (secondary N) is 2. The second-order valence-corrected chi connectivity index (χ2v) is 7.02. The smallest absolute Gasteiger partial charge is 0.191 e. The highest BCUT2D eigenvalue weighted by Gasteiger charge is 2.16. The van der Waals surface area contributed by atoms with Gasteiger partial charge in [0.15, 0.2) is 5.96 Å². The van der Waals surface area contributed by atoms with Crippen LogP contribution >= 0.6 is 24.0 Å². The third-order valence-electron chi connectivity index (χ3n) is 4.89. The quantitative estimate of drug-likeness (QED) is 0.323. The monoisotopic (exact) mass is 512 g/mol. The maximum absolute atomic E-state index is 5.43. The largest absolute Gasteiger partial charge is 0.379 e. The third-order valence-corrected chi connectivity index (χ3v) is 4.89. The number of guanidine groups is 1. The molecule has 0 radical (unpaired) electrons. The lowest BCUT2D eigenvalue weighted by molar-refractivity contribution is 0.0220. The molecule has 1 aliphatic heterocycles. The van der Waals surface area contributed by atoms with Crippen molar-refractivity contribution in [1.29, 1.82) is 0 Å². The van der Waals surface area contributed by atoms with Crippen molar-refractivity contribution in [3.05, 3.63) is 48.3 Å². The molecule has 0 spiro atoms. The van der Waals surface area contributed by atoms with E-state index in [-0.39, 0.29) is 24.0 Å². The summed E-state index contributed by atoms with van der Waals surface area (Å²) in [5, 5.41) is 11.2. The number of aliphatic imine (C=N–C) groups is 1. The second-order valence-electron chi connectivity index (χ2n) is 7.02. The Kier molecular flexibility index (Phi) is 10.4. The summed E-state index contributed by atoms with van der Waals surface area (Å²) in [6.45, 7) is 10.4. The van der Waals surface area contributed by atoms with Gasteiger partial charge >= 0.3 is 0 Å². The number of hydrogen-bond acceptors (Lipinski definition) is 4. The summed E-state index contributed by atoms with van der Waals surface area (Å²) < 4.78 is 7.35. The Hall–Kier alpha value is -1.65. The maximum atomic E-state index is 5.43. The summed E-state index contributed by atoms with van der Waals surface area (Å²) in [7, 11) is 0. The van der Waals surface area contributed by atoms with Gasteiger partial charge in [-0.25, -0.2) is 4.68 Å². The Balaban J connectivity index is 0.00000300. The minimum Gasteiger partial charge on any atom is -0.379 e. The van der Waals surface area contributed by atoms with Crippen LogP contribution in [0, 0.1) is 0 Å². The fourth-order valence-electron chi connectivity index (χ4n) is 3.24. The normalized spacial score (nSPS) is 16.1. The Labute approximate surface area is 190 Å². The predicted molar refractivity (Wildman–Crippen MR) is 129 cm³/mol. The minimum atomic E-state index is 0. The van der Waals surface area contributed by atoms with Crippen molar-refractivity contribution in [3.8, 4) is 5.69 Å². The topological polar surface area (TPSA) is 66.7 Å². The maximum Gasteiger partial charge on any atom is 0.191 e. The lowest BCUT2D eigenvalue weighted by atomic mass is 10.2. The van der Waals surface area contributed by atoms with Crippen molar-refractivity contribution in [2.75, 3.05) is 45.9 Å². The molecule has 1 aliphatic rings. The third kappa shape index (κ3) is 7.60. The average molecular weight is 512 g/mol. The zero-order valence-electron chi connectivity index (χ0n) is 17.4. The van der Waals surface area contributed by atoms with Crippen LogP contribution in [0.15, 0.2) is 47.7 Å². The van der Waals surface area contributed by atoms with Gasteiger partial charge in [0.25, 0.3) is 0 Å². The van der Waals surface area contributed by atoms with Crippen LogP contribution in [-0.2, 0) is 11.2 Å². The molecule has 8 heteroatoms. The first-order valence-corrected chi connectivity index (χ1v) is 10.2. The average Bonchev–Trinajstić information content (AvgIpc) is 3.22. The number of ether oxygens (including phenoxy) is 1. The van der Waals surface area contributed by atoms with Crippen LogP contribution in [0.2, 0.25) is 0 Å². The molecule has 0 bridgehead atoms. The number of hydrogen-bond donors (Lipinski definition) is 2. The van der Waals surface area contributed by atoms with Crippen molar-refractivity contribution < 1.29 is 4.74 Å². The molecular weight excluding hydrogens is 479 g/mol. The summed E-state index contributed by atoms with van der Waals surface area (Å²) in [4.78, 5) is 7.20. The molecule has 2 N–H and O–H groups in total. The fraction of sp³-hybridized carbons (Fsp3) is 0.524. The summed E-state index contributed by atoms with van der Waals surface area (Å²) in [5.41, 5.74) is 2.28. The van der Waals surface area contributed by atoms with E-state index in [9.17, 15) is 0 Å². The Morgan fingerprint density at radius 2 is 1.97 bits per heavy atom. The molecule has 1 atom stereocenters. The molecule has 1 unspecified atom stereocenters. The first kappa shape index (κ1) is 23.6. The molecule has 1 saturated heterocycles.